The minimum absolute atomic E-state index is 0.0421. The van der Waals surface area contributed by atoms with Crippen molar-refractivity contribution in [2.75, 3.05) is 24.6 Å². The Morgan fingerprint density at radius 1 is 0.841 bits per heavy atom. The number of sulfone groups is 2. The van der Waals surface area contributed by atoms with Crippen LogP contribution in [0.4, 0.5) is 43.9 Å². The average Bonchev–Trinajstić information content (AvgIpc) is 3.46. The molecule has 3 unspecified atom stereocenters. The largest absolute Gasteiger partial charge is 0.435 e. The van der Waals surface area contributed by atoms with Gasteiger partial charge in [-0.3, -0.25) is 4.90 Å². The summed E-state index contributed by atoms with van der Waals surface area (Å²) in [6, 6.07) is 2.96. The van der Waals surface area contributed by atoms with E-state index in [1.165, 1.54) is 0 Å². The molecule has 2 aliphatic heterocycles. The molecule has 0 aromatic heterocycles. The molecule has 2 fully saturated rings. The summed E-state index contributed by atoms with van der Waals surface area (Å²) in [6.07, 6.45) is -17.9. The number of halogens is 10. The predicted molar refractivity (Wildman–Crippen MR) is 137 cm³/mol. The van der Waals surface area contributed by atoms with Crippen molar-refractivity contribution in [3.05, 3.63) is 64.7 Å². The van der Waals surface area contributed by atoms with Crippen LogP contribution in [0, 0.1) is 5.92 Å². The van der Waals surface area contributed by atoms with Crippen LogP contribution in [-0.4, -0.2) is 64.7 Å². The maximum atomic E-state index is 14.9. The van der Waals surface area contributed by atoms with E-state index in [-0.39, 0.29) is 67.0 Å². The van der Waals surface area contributed by atoms with Gasteiger partial charge in [-0.2, -0.15) is 39.5 Å². The normalized spacial score (nSPS) is 26.4. The lowest BCUT2D eigenvalue weighted by Gasteiger charge is -2.43. The Kier molecular flexibility index (Phi) is 7.72. The molecular formula is C27H25F10NO4S2. The zero-order valence-electron chi connectivity index (χ0n) is 22.5. The maximum absolute atomic E-state index is 14.9. The first-order valence-corrected chi connectivity index (χ1v) is 16.7. The SMILES string of the molecule is O=S1(=O)CCC(CN2CCC3(S(=O)(=O)c4ccc(C(F)(F)F)cc4)c4ccc(C(F)(C(F)(F)F)C(F)(F)F)cc4CCC23)C1. The molecular weight excluding hydrogens is 656 g/mol. The van der Waals surface area contributed by atoms with Crippen molar-refractivity contribution >= 4 is 19.7 Å². The highest BCUT2D eigenvalue weighted by molar-refractivity contribution is 7.92. The van der Waals surface area contributed by atoms with Crippen LogP contribution >= 0.6 is 0 Å². The van der Waals surface area contributed by atoms with E-state index >= 15 is 0 Å². The summed E-state index contributed by atoms with van der Waals surface area (Å²) in [5.74, 6) is -0.582. The van der Waals surface area contributed by atoms with Crippen LogP contribution in [-0.2, 0) is 42.7 Å². The molecule has 3 aliphatic rings. The predicted octanol–water partition coefficient (Wildman–Crippen LogP) is 6.12. The molecule has 0 amide bonds. The van der Waals surface area contributed by atoms with Crippen LogP contribution in [0.1, 0.15) is 41.5 Å². The maximum Gasteiger partial charge on any atom is 0.435 e. The van der Waals surface area contributed by atoms with Crippen molar-refractivity contribution in [3.8, 4) is 0 Å². The first-order valence-electron chi connectivity index (χ1n) is 13.4. The molecule has 44 heavy (non-hydrogen) atoms. The first kappa shape index (κ1) is 33.0. The van der Waals surface area contributed by atoms with E-state index in [0.29, 0.717) is 24.6 Å². The third-order valence-electron chi connectivity index (χ3n) is 8.97. The highest BCUT2D eigenvalue weighted by atomic mass is 32.2. The van der Waals surface area contributed by atoms with Gasteiger partial charge in [-0.25, -0.2) is 21.2 Å². The van der Waals surface area contributed by atoms with E-state index in [9.17, 15) is 60.7 Å². The fraction of sp³-hybridized carbons (Fsp3) is 0.556. The lowest BCUT2D eigenvalue weighted by Crippen LogP contribution is -2.52. The number of rotatable bonds is 5. The second-order valence-corrected chi connectivity index (χ2v) is 15.9. The van der Waals surface area contributed by atoms with Gasteiger partial charge in [-0.1, -0.05) is 18.2 Å². The number of hydrogen-bond donors (Lipinski definition) is 0. The molecule has 5 nitrogen and oxygen atoms in total. The second-order valence-electron chi connectivity index (χ2n) is 11.5. The van der Waals surface area contributed by atoms with Gasteiger partial charge in [0.05, 0.1) is 22.0 Å². The van der Waals surface area contributed by atoms with E-state index < -0.39 is 70.7 Å². The number of aryl methyl sites for hydroxylation is 1. The van der Waals surface area contributed by atoms with Crippen LogP contribution < -0.4 is 0 Å². The molecule has 17 heteroatoms. The third kappa shape index (κ3) is 5.10. The van der Waals surface area contributed by atoms with Crippen molar-refractivity contribution in [1.82, 2.24) is 4.90 Å². The number of alkyl halides is 10. The lowest BCUT2D eigenvalue weighted by molar-refractivity contribution is -0.348. The van der Waals surface area contributed by atoms with Crippen LogP contribution in [0.15, 0.2) is 47.4 Å². The number of fused-ring (bicyclic) bond motifs is 3. The van der Waals surface area contributed by atoms with Crippen LogP contribution in [0.25, 0.3) is 0 Å². The van der Waals surface area contributed by atoms with Crippen molar-refractivity contribution in [2.24, 2.45) is 5.92 Å². The highest BCUT2D eigenvalue weighted by Gasteiger charge is 2.73. The van der Waals surface area contributed by atoms with Gasteiger partial charge in [-0.15, -0.1) is 0 Å². The Morgan fingerprint density at radius 3 is 1.95 bits per heavy atom. The van der Waals surface area contributed by atoms with Crippen molar-refractivity contribution in [2.45, 2.75) is 65.6 Å². The van der Waals surface area contributed by atoms with Crippen LogP contribution in [0.3, 0.4) is 0 Å². The fourth-order valence-electron chi connectivity index (χ4n) is 6.92. The molecule has 0 bridgehead atoms. The summed E-state index contributed by atoms with van der Waals surface area (Å²) in [6.45, 7) is 0.178. The van der Waals surface area contributed by atoms with Gasteiger partial charge in [0.2, 0.25) is 0 Å². The topological polar surface area (TPSA) is 71.5 Å². The number of benzene rings is 2. The zero-order chi connectivity index (χ0) is 32.7. The van der Waals surface area contributed by atoms with Gasteiger partial charge in [0.1, 0.15) is 4.75 Å². The molecule has 2 saturated heterocycles. The van der Waals surface area contributed by atoms with E-state index in [1.807, 2.05) is 0 Å². The molecule has 1 aliphatic carbocycles. The van der Waals surface area contributed by atoms with Gasteiger partial charge >= 0.3 is 24.2 Å². The summed E-state index contributed by atoms with van der Waals surface area (Å²) >= 11 is 0. The minimum Gasteiger partial charge on any atom is -0.298 e. The molecule has 2 aromatic rings. The van der Waals surface area contributed by atoms with Gasteiger partial charge in [0, 0.05) is 24.7 Å². The molecule has 0 N–H and O–H groups in total. The number of hydrogen-bond acceptors (Lipinski definition) is 5. The van der Waals surface area contributed by atoms with Crippen LogP contribution in [0.5, 0.6) is 0 Å². The molecule has 0 radical (unpaired) electrons. The quantitative estimate of drug-likeness (QED) is 0.356. The van der Waals surface area contributed by atoms with Crippen LogP contribution in [0.2, 0.25) is 0 Å². The van der Waals surface area contributed by atoms with Crippen molar-refractivity contribution in [3.63, 3.8) is 0 Å². The average molecular weight is 682 g/mol. The highest BCUT2D eigenvalue weighted by Crippen LogP contribution is 2.57. The molecule has 0 saturated carbocycles. The van der Waals surface area contributed by atoms with Crippen molar-refractivity contribution in [1.29, 1.82) is 0 Å². The first-order chi connectivity index (χ1) is 20.0. The number of nitrogens with zero attached hydrogens (tertiary/aromatic N) is 1. The van der Waals surface area contributed by atoms with Crippen molar-refractivity contribution < 1.29 is 60.7 Å². The Morgan fingerprint density at radius 2 is 1.43 bits per heavy atom. The summed E-state index contributed by atoms with van der Waals surface area (Å²) < 4.78 is 186. The Bertz CT molecular complexity index is 1640. The standard InChI is InChI=1S/C27H25F10NO4S2/c28-24(26(32,33)34,27(35,36)37)19-4-7-21-17(13-19)1-8-22-23(21,10-11-38(22)14-16-9-12-43(39,40)15-16)44(41,42)20-5-2-18(3-6-20)25(29,30)31/h2-7,13,16,22H,1,8-12,14-15H2. The van der Waals surface area contributed by atoms with Gasteiger partial charge in [-0.05, 0) is 67.0 Å². The van der Waals surface area contributed by atoms with Gasteiger partial charge < -0.3 is 0 Å². The summed E-state index contributed by atoms with van der Waals surface area (Å²) in [5.41, 5.74) is -9.11. The zero-order valence-corrected chi connectivity index (χ0v) is 24.2. The second kappa shape index (κ2) is 10.3. The lowest BCUT2D eigenvalue weighted by atomic mass is 9.76. The molecule has 2 aromatic carbocycles. The van der Waals surface area contributed by atoms with Gasteiger partial charge in [0.25, 0.3) is 0 Å². The fourth-order valence-corrected chi connectivity index (χ4v) is 11.2. The van der Waals surface area contributed by atoms with E-state index in [1.54, 1.807) is 4.90 Å². The van der Waals surface area contributed by atoms with E-state index in [2.05, 4.69) is 0 Å². The smallest absolute Gasteiger partial charge is 0.298 e. The monoisotopic (exact) mass is 681 g/mol. The van der Waals surface area contributed by atoms with Gasteiger partial charge in [0.15, 0.2) is 19.7 Å². The Labute approximate surface area is 246 Å². The minimum atomic E-state index is -6.40. The molecule has 3 atom stereocenters. The summed E-state index contributed by atoms with van der Waals surface area (Å²) in [4.78, 5) is 1.16. The third-order valence-corrected chi connectivity index (χ3v) is 13.4. The molecule has 244 valence electrons. The number of likely N-dealkylation sites (tertiary alicyclic amines) is 1. The molecule has 2 heterocycles. The van der Waals surface area contributed by atoms with E-state index in [4.69, 9.17) is 0 Å². The van der Waals surface area contributed by atoms with E-state index in [0.717, 1.165) is 18.2 Å². The Hall–Kier alpha value is -2.40. The summed E-state index contributed by atoms with van der Waals surface area (Å²) in [5, 5.41) is 0. The Balaban J connectivity index is 1.65. The molecule has 5 rings (SSSR count). The molecule has 0 spiro atoms. The summed E-state index contributed by atoms with van der Waals surface area (Å²) in [7, 11) is -8.01.